The van der Waals surface area contributed by atoms with Crippen LogP contribution in [0, 0.1) is 0 Å². The van der Waals surface area contributed by atoms with Gasteiger partial charge in [-0.15, -0.1) is 0 Å². The van der Waals surface area contributed by atoms with E-state index < -0.39 is 10.8 Å². The van der Waals surface area contributed by atoms with Crippen molar-refractivity contribution in [2.75, 3.05) is 0 Å². The molecule has 0 aromatic heterocycles. The maximum Gasteiger partial charge on any atom is 0.115 e. The number of rotatable bonds is 9. The highest BCUT2D eigenvalue weighted by Gasteiger charge is 2.43. The summed E-state index contributed by atoms with van der Waals surface area (Å²) in [7, 11) is 0. The van der Waals surface area contributed by atoms with E-state index in [1.807, 2.05) is 72.8 Å². The molecule has 0 atom stereocenters. The number of aromatic hydroxyl groups is 6. The quantitative estimate of drug-likeness (QED) is 0.0921. The Labute approximate surface area is 267 Å². The van der Waals surface area contributed by atoms with E-state index in [1.54, 1.807) is 72.8 Å². The van der Waals surface area contributed by atoms with Crippen molar-refractivity contribution in [3.05, 3.63) is 179 Å². The highest BCUT2D eigenvalue weighted by Crippen LogP contribution is 2.51. The molecule has 0 aliphatic rings. The Hall–Kier alpha value is -5.88. The molecular weight excluding hydrogens is 576 g/mol. The Morgan fingerprint density at radius 3 is 0.500 bits per heavy atom. The second-order valence-corrected chi connectivity index (χ2v) is 11.6. The van der Waals surface area contributed by atoms with Crippen molar-refractivity contribution in [2.24, 2.45) is 0 Å². The summed E-state index contributed by atoms with van der Waals surface area (Å²) < 4.78 is 0. The van der Waals surface area contributed by atoms with Gasteiger partial charge in [0.25, 0.3) is 0 Å². The van der Waals surface area contributed by atoms with Crippen LogP contribution in [0.15, 0.2) is 146 Å². The third-order valence-corrected chi connectivity index (χ3v) is 9.04. The Bertz CT molecular complexity index is 1530. The van der Waals surface area contributed by atoms with Gasteiger partial charge in [0.05, 0.1) is 0 Å². The van der Waals surface area contributed by atoms with E-state index in [9.17, 15) is 30.6 Å². The zero-order chi connectivity index (χ0) is 32.3. The van der Waals surface area contributed by atoms with E-state index in [4.69, 9.17) is 0 Å². The third kappa shape index (κ3) is 5.57. The summed E-state index contributed by atoms with van der Waals surface area (Å²) in [5.74, 6) is 0.754. The van der Waals surface area contributed by atoms with E-state index in [0.29, 0.717) is 12.8 Å². The van der Waals surface area contributed by atoms with Gasteiger partial charge in [-0.3, -0.25) is 0 Å². The first-order chi connectivity index (χ1) is 22.2. The largest absolute Gasteiger partial charge is 0.508 e. The van der Waals surface area contributed by atoms with Crippen LogP contribution >= 0.6 is 0 Å². The minimum absolute atomic E-state index is 0.126. The van der Waals surface area contributed by atoms with E-state index in [2.05, 4.69) is 0 Å². The lowest BCUT2D eigenvalue weighted by Gasteiger charge is -2.42. The smallest absolute Gasteiger partial charge is 0.115 e. The van der Waals surface area contributed by atoms with Gasteiger partial charge in [0.15, 0.2) is 0 Å². The molecule has 6 aromatic carbocycles. The van der Waals surface area contributed by atoms with Crippen molar-refractivity contribution < 1.29 is 30.6 Å². The minimum atomic E-state index is -0.842. The SMILES string of the molecule is Oc1ccc(C(CCC(c2ccc(O)cc2)(c2ccc(O)cc2)c2ccc(O)cc2)(c2ccc(O)cc2)c2ccc(O)cc2)cc1. The van der Waals surface area contributed by atoms with Crippen LogP contribution in [0.25, 0.3) is 0 Å². The summed E-state index contributed by atoms with van der Waals surface area (Å²) in [6.07, 6.45) is 0.964. The lowest BCUT2D eigenvalue weighted by molar-refractivity contribution is 0.441. The van der Waals surface area contributed by atoms with Gasteiger partial charge in [-0.1, -0.05) is 72.8 Å². The molecule has 0 fully saturated rings. The van der Waals surface area contributed by atoms with E-state index in [1.165, 1.54) is 0 Å². The molecule has 0 heterocycles. The molecular formula is C40H34O6. The van der Waals surface area contributed by atoms with Crippen molar-refractivity contribution in [3.8, 4) is 34.5 Å². The molecule has 6 heteroatoms. The monoisotopic (exact) mass is 610 g/mol. The predicted octanol–water partition coefficient (Wildman–Crippen LogP) is 8.07. The van der Waals surface area contributed by atoms with Crippen LogP contribution in [0.4, 0.5) is 0 Å². The minimum Gasteiger partial charge on any atom is -0.508 e. The summed E-state index contributed by atoms with van der Waals surface area (Å²) in [4.78, 5) is 0. The third-order valence-electron chi connectivity index (χ3n) is 9.04. The van der Waals surface area contributed by atoms with Crippen molar-refractivity contribution in [3.63, 3.8) is 0 Å². The van der Waals surface area contributed by atoms with Crippen LogP contribution in [0.5, 0.6) is 34.5 Å². The maximum atomic E-state index is 10.3. The van der Waals surface area contributed by atoms with Crippen LogP contribution in [0.3, 0.4) is 0 Å². The fraction of sp³-hybridized carbons (Fsp3) is 0.100. The molecule has 0 radical (unpaired) electrons. The number of phenolic OH excluding ortho intramolecular Hbond substituents is 6. The summed E-state index contributed by atoms with van der Waals surface area (Å²) in [6, 6.07) is 42.5. The predicted molar refractivity (Wildman–Crippen MR) is 178 cm³/mol. The van der Waals surface area contributed by atoms with Gasteiger partial charge in [-0.05, 0) is 119 Å². The van der Waals surface area contributed by atoms with E-state index in [-0.39, 0.29) is 34.5 Å². The van der Waals surface area contributed by atoms with Gasteiger partial charge in [0.2, 0.25) is 0 Å². The average Bonchev–Trinajstić information content (AvgIpc) is 3.07. The number of hydrogen-bond donors (Lipinski definition) is 6. The normalized spacial score (nSPS) is 11.7. The number of hydrogen-bond acceptors (Lipinski definition) is 6. The molecule has 6 aromatic rings. The summed E-state index contributed by atoms with van der Waals surface area (Å²) >= 11 is 0. The molecule has 6 N–H and O–H groups in total. The number of benzene rings is 6. The molecule has 0 spiro atoms. The second-order valence-electron chi connectivity index (χ2n) is 11.6. The average molecular weight is 611 g/mol. The summed E-state index contributed by atoms with van der Waals surface area (Å²) in [6.45, 7) is 0. The first-order valence-corrected chi connectivity index (χ1v) is 15.0. The molecule has 0 unspecified atom stereocenters. The van der Waals surface area contributed by atoms with Gasteiger partial charge in [0.1, 0.15) is 34.5 Å². The second kappa shape index (κ2) is 12.3. The molecule has 0 bridgehead atoms. The van der Waals surface area contributed by atoms with Crippen molar-refractivity contribution >= 4 is 0 Å². The molecule has 0 aliphatic carbocycles. The summed E-state index contributed by atoms with van der Waals surface area (Å²) in [5, 5.41) is 61.7. The molecule has 0 saturated heterocycles. The Balaban J connectivity index is 1.65. The zero-order valence-corrected chi connectivity index (χ0v) is 25.0. The van der Waals surface area contributed by atoms with Crippen LogP contribution < -0.4 is 0 Å². The van der Waals surface area contributed by atoms with Gasteiger partial charge in [0, 0.05) is 10.8 Å². The Morgan fingerprint density at radius 2 is 0.370 bits per heavy atom. The van der Waals surface area contributed by atoms with Crippen molar-refractivity contribution in [1.29, 1.82) is 0 Å². The van der Waals surface area contributed by atoms with Gasteiger partial charge in [-0.2, -0.15) is 0 Å². The van der Waals surface area contributed by atoms with E-state index >= 15 is 0 Å². The van der Waals surface area contributed by atoms with Crippen molar-refractivity contribution in [1.82, 2.24) is 0 Å². The molecule has 0 saturated carbocycles. The fourth-order valence-corrected chi connectivity index (χ4v) is 6.72. The van der Waals surface area contributed by atoms with Crippen LogP contribution in [-0.4, -0.2) is 30.6 Å². The topological polar surface area (TPSA) is 121 Å². The Kier molecular flexibility index (Phi) is 8.03. The molecule has 6 rings (SSSR count). The molecule has 46 heavy (non-hydrogen) atoms. The van der Waals surface area contributed by atoms with Crippen LogP contribution in [0.2, 0.25) is 0 Å². The molecule has 0 amide bonds. The first-order valence-electron chi connectivity index (χ1n) is 15.0. The van der Waals surface area contributed by atoms with Gasteiger partial charge < -0.3 is 30.6 Å². The van der Waals surface area contributed by atoms with Crippen molar-refractivity contribution in [2.45, 2.75) is 23.7 Å². The standard InChI is InChI=1S/C40H34O6/c41-33-13-1-27(2-14-33)39(28-3-15-34(42)16-4-28,29-5-17-35(43)18-6-29)25-26-40(30-7-19-36(44)20-8-30,31-9-21-37(45)22-10-31)32-11-23-38(46)24-12-32/h1-24,41-46H,25-26H2. The van der Waals surface area contributed by atoms with Gasteiger partial charge in [-0.25, -0.2) is 0 Å². The molecule has 230 valence electrons. The molecule has 6 nitrogen and oxygen atoms in total. The zero-order valence-electron chi connectivity index (χ0n) is 25.0. The van der Waals surface area contributed by atoms with Crippen LogP contribution in [0.1, 0.15) is 46.2 Å². The number of phenols is 6. The van der Waals surface area contributed by atoms with E-state index in [0.717, 1.165) is 33.4 Å². The first kappa shape index (κ1) is 30.2. The lowest BCUT2D eigenvalue weighted by atomic mass is 9.60. The highest BCUT2D eigenvalue weighted by atomic mass is 16.3. The molecule has 0 aliphatic heterocycles. The lowest BCUT2D eigenvalue weighted by Crippen LogP contribution is -2.36. The maximum absolute atomic E-state index is 10.3. The van der Waals surface area contributed by atoms with Gasteiger partial charge >= 0.3 is 0 Å². The fourth-order valence-electron chi connectivity index (χ4n) is 6.72. The summed E-state index contributed by atoms with van der Waals surface area (Å²) in [5.41, 5.74) is 3.64. The Morgan fingerprint density at radius 1 is 0.239 bits per heavy atom. The highest BCUT2D eigenvalue weighted by molar-refractivity contribution is 5.56. The van der Waals surface area contributed by atoms with Crippen LogP contribution in [-0.2, 0) is 10.8 Å².